The van der Waals surface area contributed by atoms with E-state index < -0.39 is 88.0 Å². The number of hydrogen-bond acceptors (Lipinski definition) is 18. The number of fused-ring (bicyclic) bond motifs is 5. The van der Waals surface area contributed by atoms with Crippen molar-refractivity contribution in [1.29, 1.82) is 0 Å². The quantitative estimate of drug-likeness (QED) is 0.116. The van der Waals surface area contributed by atoms with Crippen molar-refractivity contribution < 1.29 is 51.4 Å². The molecule has 26 heteroatoms. The molecule has 4 unspecified atom stereocenters. The van der Waals surface area contributed by atoms with Crippen molar-refractivity contribution in [3.8, 4) is 0 Å². The fourth-order valence-electron chi connectivity index (χ4n) is 5.33. The first kappa shape index (κ1) is 31.4. The summed E-state index contributed by atoms with van der Waals surface area (Å²) in [6.07, 6.45) is -11.5. The van der Waals surface area contributed by atoms with Crippen LogP contribution in [0.25, 0.3) is 22.3 Å². The van der Waals surface area contributed by atoms with Crippen molar-refractivity contribution in [1.82, 2.24) is 39.0 Å². The standard InChI is InChI=1S/C20H23FN10O12P2S/c21-7-11-6(41-17(7)30-3-24-8-13(30)26-19(22)28-15(8)33)2-39-45(37,46)43-12-10(32)5(1-38-44(35,36)42-11)40-18(12)31-4-25-9-14(31)27-20(23)29-16(9)34/h3-7,10-12,17-18,32H,1-2H2,(H,35,36)(H,37,46)(H3,22,26,28,33)(H3,23,27,29,34)/p-1/t5-,6-,7+,10+,11?,12?,17-,18-,45?/m1/s1. The van der Waals surface area contributed by atoms with E-state index in [1.54, 1.807) is 0 Å². The highest BCUT2D eigenvalue weighted by Gasteiger charge is 2.53. The molecule has 248 valence electrons. The van der Waals surface area contributed by atoms with Gasteiger partial charge in [0.2, 0.25) is 11.9 Å². The molecule has 7 rings (SSSR count). The fraction of sp³-hybridized carbons (Fsp3) is 0.500. The van der Waals surface area contributed by atoms with Crippen molar-refractivity contribution in [3.63, 3.8) is 0 Å². The van der Waals surface area contributed by atoms with E-state index in [-0.39, 0.29) is 34.2 Å². The summed E-state index contributed by atoms with van der Waals surface area (Å²) in [5, 5.41) is 11.0. The van der Waals surface area contributed by atoms with Crippen LogP contribution in [-0.4, -0.2) is 98.9 Å². The first-order chi connectivity index (χ1) is 21.7. The first-order valence-corrected chi connectivity index (χ1v) is 17.1. The smallest absolute Gasteiger partial charge is 0.472 e. The number of phosphoric acid groups is 1. The number of anilines is 2. The molecule has 0 spiro atoms. The largest absolute Gasteiger partial charge is 0.780 e. The number of hydrogen-bond donors (Lipinski definition) is 6. The van der Waals surface area contributed by atoms with Crippen molar-refractivity contribution >= 4 is 60.6 Å². The summed E-state index contributed by atoms with van der Waals surface area (Å²) in [5.74, 6) is -0.586. The van der Waals surface area contributed by atoms with E-state index in [1.807, 2.05) is 0 Å². The zero-order chi connectivity index (χ0) is 32.7. The van der Waals surface area contributed by atoms with Gasteiger partial charge in [0.15, 0.2) is 41.0 Å². The molecule has 46 heavy (non-hydrogen) atoms. The molecule has 4 aromatic heterocycles. The molecular formula is C20H22FN10O12P2S-. The van der Waals surface area contributed by atoms with Crippen LogP contribution in [0.5, 0.6) is 0 Å². The Hall–Kier alpha value is -3.25. The van der Waals surface area contributed by atoms with Gasteiger partial charge in [-0.1, -0.05) is 11.8 Å². The van der Waals surface area contributed by atoms with Crippen LogP contribution in [0.1, 0.15) is 12.5 Å². The van der Waals surface area contributed by atoms with E-state index >= 15 is 4.39 Å². The minimum absolute atomic E-state index is 0.112. The number of ether oxygens (including phenoxy) is 2. The van der Waals surface area contributed by atoms with Crippen LogP contribution in [0.3, 0.4) is 0 Å². The Bertz CT molecular complexity index is 2060. The monoisotopic (exact) mass is 707 g/mol. The average Bonchev–Trinajstić information content (AvgIpc) is 3.72. The van der Waals surface area contributed by atoms with E-state index in [2.05, 4.69) is 29.9 Å². The lowest BCUT2D eigenvalue weighted by Gasteiger charge is -2.34. The molecule has 3 aliphatic heterocycles. The number of aliphatic hydroxyl groups is 1. The van der Waals surface area contributed by atoms with Gasteiger partial charge in [0.25, 0.3) is 11.1 Å². The number of rotatable bonds is 2. The summed E-state index contributed by atoms with van der Waals surface area (Å²) in [5.41, 5.74) is 9.20. The van der Waals surface area contributed by atoms with E-state index in [1.165, 1.54) is 0 Å². The summed E-state index contributed by atoms with van der Waals surface area (Å²) >= 11 is 5.05. The van der Waals surface area contributed by atoms with Gasteiger partial charge in [0.05, 0.1) is 25.9 Å². The van der Waals surface area contributed by atoms with Gasteiger partial charge in [-0.25, -0.2) is 18.9 Å². The highest BCUT2D eigenvalue weighted by molar-refractivity contribution is 8.06. The highest BCUT2D eigenvalue weighted by Crippen LogP contribution is 2.53. The van der Waals surface area contributed by atoms with Crippen molar-refractivity contribution in [2.75, 3.05) is 24.7 Å². The van der Waals surface area contributed by atoms with E-state index in [0.29, 0.717) is 0 Å². The predicted molar refractivity (Wildman–Crippen MR) is 150 cm³/mol. The molecule has 0 saturated carbocycles. The lowest BCUT2D eigenvalue weighted by atomic mass is 10.1. The van der Waals surface area contributed by atoms with Gasteiger partial charge in [-0.3, -0.25) is 37.7 Å². The van der Waals surface area contributed by atoms with Gasteiger partial charge in [0, 0.05) is 0 Å². The number of nitrogens with zero attached hydrogens (tertiary/aromatic N) is 6. The molecule has 0 radical (unpaired) electrons. The lowest BCUT2D eigenvalue weighted by molar-refractivity contribution is -0.218. The van der Waals surface area contributed by atoms with Crippen LogP contribution < -0.4 is 27.5 Å². The van der Waals surface area contributed by atoms with Crippen molar-refractivity contribution in [3.05, 3.63) is 33.4 Å². The predicted octanol–water partition coefficient (Wildman–Crippen LogP) is -2.59. The van der Waals surface area contributed by atoms with Crippen LogP contribution in [0, 0.1) is 0 Å². The third kappa shape index (κ3) is 5.44. The number of aromatic nitrogens is 8. The van der Waals surface area contributed by atoms with Crippen LogP contribution in [0.2, 0.25) is 0 Å². The molecule has 8 N–H and O–H groups in total. The van der Waals surface area contributed by atoms with E-state index in [9.17, 15) is 29.0 Å². The Morgan fingerprint density at radius 2 is 1.48 bits per heavy atom. The summed E-state index contributed by atoms with van der Waals surface area (Å²) in [6.45, 7) is -6.28. The Balaban J connectivity index is 1.21. The zero-order valence-corrected chi connectivity index (χ0v) is 25.3. The molecule has 10 atom stereocenters. The van der Waals surface area contributed by atoms with Gasteiger partial charge < -0.3 is 44.9 Å². The maximum absolute atomic E-state index is 15.9. The van der Waals surface area contributed by atoms with Gasteiger partial charge in [0.1, 0.15) is 37.2 Å². The summed E-state index contributed by atoms with van der Waals surface area (Å²) < 4.78 is 63.7. The Morgan fingerprint density at radius 1 is 0.935 bits per heavy atom. The molecule has 22 nitrogen and oxygen atoms in total. The minimum Gasteiger partial charge on any atom is -0.780 e. The number of aliphatic hydroxyl groups excluding tert-OH is 1. The Morgan fingerprint density at radius 3 is 2.09 bits per heavy atom. The summed E-state index contributed by atoms with van der Waals surface area (Å²) in [4.78, 5) is 68.8. The molecule has 3 fully saturated rings. The van der Waals surface area contributed by atoms with Crippen LogP contribution in [-0.2, 0) is 43.9 Å². The number of halogens is 1. The minimum atomic E-state index is -5.16. The second-order valence-electron chi connectivity index (χ2n) is 10.3. The van der Waals surface area contributed by atoms with Crippen molar-refractivity contribution in [2.45, 2.75) is 49.1 Å². The van der Waals surface area contributed by atoms with Crippen LogP contribution >= 0.6 is 14.5 Å². The summed E-state index contributed by atoms with van der Waals surface area (Å²) in [7, 11) is -5.16. The fourth-order valence-corrected chi connectivity index (χ4v) is 7.68. The van der Waals surface area contributed by atoms with Crippen LogP contribution in [0.4, 0.5) is 16.3 Å². The molecule has 7 heterocycles. The molecule has 4 aromatic rings. The second kappa shape index (κ2) is 11.2. The number of H-pyrrole nitrogens is 2. The third-order valence-electron chi connectivity index (χ3n) is 7.33. The molecular weight excluding hydrogens is 685 g/mol. The lowest BCUT2D eigenvalue weighted by Crippen LogP contribution is -2.36. The molecule has 0 aliphatic carbocycles. The third-order valence-corrected chi connectivity index (χ3v) is 9.86. The number of aromatic amines is 2. The Kier molecular flexibility index (Phi) is 7.62. The second-order valence-corrected chi connectivity index (χ2v) is 14.4. The zero-order valence-electron chi connectivity index (χ0n) is 22.7. The van der Waals surface area contributed by atoms with Crippen molar-refractivity contribution in [2.24, 2.45) is 0 Å². The van der Waals surface area contributed by atoms with E-state index in [0.717, 1.165) is 21.8 Å². The van der Waals surface area contributed by atoms with Crippen LogP contribution in [0.15, 0.2) is 22.2 Å². The maximum atomic E-state index is 15.9. The number of nitrogen functional groups attached to an aromatic ring is 2. The molecule has 3 aliphatic rings. The number of nitrogens with one attached hydrogen (secondary N) is 2. The Labute approximate surface area is 258 Å². The van der Waals surface area contributed by atoms with Gasteiger partial charge in [-0.05, 0) is 0 Å². The number of nitrogens with two attached hydrogens (primary N) is 2. The highest BCUT2D eigenvalue weighted by atomic mass is 32.5. The topological polar surface area (TPSA) is 315 Å². The normalized spacial score (nSPS) is 37.1. The number of phosphoric ester groups is 1. The molecule has 0 amide bonds. The first-order valence-electron chi connectivity index (χ1n) is 13.1. The molecule has 3 saturated heterocycles. The molecule has 0 aromatic carbocycles. The average molecular weight is 707 g/mol. The summed E-state index contributed by atoms with van der Waals surface area (Å²) in [6, 6.07) is 0. The molecule has 2 bridgehead atoms. The SMILES string of the molecule is Nc1nc2c(ncn2[C@@H]2O[C@@H]3COP(=O)(O)OC4[C@@H](COP([O-])(=S)OC2[C@H]3O)O[C@@H](n2cnc3c(=O)[nH]c(N)nc32)[C@H]4F)c(=O)[nH]1. The number of imidazole rings is 2. The maximum Gasteiger partial charge on any atom is 0.472 e. The van der Waals surface area contributed by atoms with Gasteiger partial charge >= 0.3 is 7.82 Å². The number of alkyl halides is 1. The van der Waals surface area contributed by atoms with E-state index in [4.69, 9.17) is 50.8 Å². The van der Waals surface area contributed by atoms with Gasteiger partial charge in [-0.15, -0.1) is 0 Å². The van der Waals surface area contributed by atoms with Gasteiger partial charge in [-0.2, -0.15) is 9.97 Å².